The smallest absolute Gasteiger partial charge is 0.159 e. The topological polar surface area (TPSA) is 49.8 Å². The zero-order valence-corrected chi connectivity index (χ0v) is 17.7. The van der Waals surface area contributed by atoms with Crippen molar-refractivity contribution in [1.82, 2.24) is 15.3 Å². The van der Waals surface area contributed by atoms with Crippen LogP contribution < -0.4 is 10.6 Å². The van der Waals surface area contributed by atoms with Crippen LogP contribution in [0.1, 0.15) is 42.8 Å². The Balaban J connectivity index is 2.00. The number of benzene rings is 2. The van der Waals surface area contributed by atoms with Gasteiger partial charge in [-0.2, -0.15) is 0 Å². The molecule has 0 spiro atoms. The number of halogens is 2. The van der Waals surface area contributed by atoms with Crippen LogP contribution in [0.3, 0.4) is 0 Å². The molecule has 0 aliphatic carbocycles. The SMILES string of the molecule is CCc1cc2nc(/C=C/c3ccc(F)c(F)c3)nc(NCCCNC)c2cc1CC. The van der Waals surface area contributed by atoms with Crippen LogP contribution in [0, 0.1) is 11.6 Å². The number of hydrogen-bond acceptors (Lipinski definition) is 4. The second-order valence-electron chi connectivity index (χ2n) is 7.17. The first-order chi connectivity index (χ1) is 14.5. The number of hydrogen-bond donors (Lipinski definition) is 2. The van der Waals surface area contributed by atoms with Gasteiger partial charge in [-0.1, -0.05) is 26.0 Å². The molecule has 3 aromatic rings. The lowest BCUT2D eigenvalue weighted by Gasteiger charge is -2.13. The van der Waals surface area contributed by atoms with Crippen LogP contribution in [-0.2, 0) is 12.8 Å². The zero-order chi connectivity index (χ0) is 21.5. The van der Waals surface area contributed by atoms with Crippen molar-refractivity contribution in [2.75, 3.05) is 25.5 Å². The van der Waals surface area contributed by atoms with E-state index in [1.165, 1.54) is 17.2 Å². The summed E-state index contributed by atoms with van der Waals surface area (Å²) in [5, 5.41) is 7.57. The third-order valence-electron chi connectivity index (χ3n) is 5.06. The average Bonchev–Trinajstić information content (AvgIpc) is 2.76. The summed E-state index contributed by atoms with van der Waals surface area (Å²) in [6.07, 6.45) is 6.28. The van der Waals surface area contributed by atoms with Crippen LogP contribution in [0.2, 0.25) is 0 Å². The molecule has 3 rings (SSSR count). The molecule has 6 heteroatoms. The highest BCUT2D eigenvalue weighted by molar-refractivity contribution is 5.91. The maximum atomic E-state index is 13.5. The maximum absolute atomic E-state index is 13.5. The third kappa shape index (κ3) is 5.19. The first-order valence-corrected chi connectivity index (χ1v) is 10.4. The summed E-state index contributed by atoms with van der Waals surface area (Å²) in [6.45, 7) is 6.00. The fraction of sp³-hybridized carbons (Fsp3) is 0.333. The zero-order valence-electron chi connectivity index (χ0n) is 17.7. The van der Waals surface area contributed by atoms with E-state index in [1.807, 2.05) is 7.05 Å². The van der Waals surface area contributed by atoms with E-state index in [0.29, 0.717) is 11.4 Å². The Morgan fingerprint density at radius 2 is 1.67 bits per heavy atom. The number of fused-ring (bicyclic) bond motifs is 1. The van der Waals surface area contributed by atoms with Crippen molar-refractivity contribution in [2.45, 2.75) is 33.1 Å². The van der Waals surface area contributed by atoms with Crippen LogP contribution in [0.15, 0.2) is 30.3 Å². The molecule has 2 aromatic carbocycles. The minimum Gasteiger partial charge on any atom is -0.369 e. The predicted molar refractivity (Wildman–Crippen MR) is 121 cm³/mol. The molecule has 0 fully saturated rings. The molecule has 0 saturated heterocycles. The molecule has 4 nitrogen and oxygen atoms in total. The number of nitrogens with zero attached hydrogens (tertiary/aromatic N) is 2. The molecule has 0 amide bonds. The van der Waals surface area contributed by atoms with Crippen LogP contribution in [-0.4, -0.2) is 30.1 Å². The fourth-order valence-electron chi connectivity index (χ4n) is 3.41. The molecule has 0 aliphatic heterocycles. The second kappa shape index (κ2) is 10.3. The molecule has 0 atom stereocenters. The number of aromatic nitrogens is 2. The standard InChI is InChI=1S/C24H28F2N4/c1-4-17-14-19-22(15-18(17)5-2)29-23(30-24(19)28-12-6-11-27-3)10-8-16-7-9-20(25)21(26)13-16/h7-10,13-15,27H,4-6,11-12H2,1-3H3,(H,28,29,30)/b10-8+. The van der Waals surface area contributed by atoms with Crippen LogP contribution in [0.25, 0.3) is 23.1 Å². The highest BCUT2D eigenvalue weighted by Gasteiger charge is 2.10. The average molecular weight is 411 g/mol. The molecule has 30 heavy (non-hydrogen) atoms. The van der Waals surface area contributed by atoms with E-state index in [0.717, 1.165) is 61.2 Å². The monoisotopic (exact) mass is 410 g/mol. The van der Waals surface area contributed by atoms with E-state index < -0.39 is 11.6 Å². The molecule has 2 N–H and O–H groups in total. The predicted octanol–water partition coefficient (Wildman–Crippen LogP) is 5.22. The largest absolute Gasteiger partial charge is 0.369 e. The Kier molecular flexibility index (Phi) is 7.46. The van der Waals surface area contributed by atoms with Crippen molar-refractivity contribution < 1.29 is 8.78 Å². The number of anilines is 1. The lowest BCUT2D eigenvalue weighted by Crippen LogP contribution is -2.14. The second-order valence-corrected chi connectivity index (χ2v) is 7.17. The molecule has 158 valence electrons. The minimum absolute atomic E-state index is 0.523. The van der Waals surface area contributed by atoms with E-state index in [4.69, 9.17) is 4.98 Å². The highest BCUT2D eigenvalue weighted by Crippen LogP contribution is 2.26. The van der Waals surface area contributed by atoms with Crippen LogP contribution in [0.4, 0.5) is 14.6 Å². The summed E-state index contributed by atoms with van der Waals surface area (Å²) >= 11 is 0. The van der Waals surface area contributed by atoms with E-state index in [2.05, 4.69) is 41.6 Å². The lowest BCUT2D eigenvalue weighted by molar-refractivity contribution is 0.508. The number of aryl methyl sites for hydroxylation is 2. The molecule has 1 heterocycles. The van der Waals surface area contributed by atoms with Crippen molar-refractivity contribution in [3.05, 3.63) is 64.5 Å². The van der Waals surface area contributed by atoms with Gasteiger partial charge in [0.15, 0.2) is 17.5 Å². The third-order valence-corrected chi connectivity index (χ3v) is 5.06. The van der Waals surface area contributed by atoms with Gasteiger partial charge in [0, 0.05) is 11.9 Å². The quantitative estimate of drug-likeness (QED) is 0.475. The Hall–Kier alpha value is -2.86. The number of rotatable bonds is 9. The van der Waals surface area contributed by atoms with Gasteiger partial charge in [0.1, 0.15) is 5.82 Å². The summed E-state index contributed by atoms with van der Waals surface area (Å²) < 4.78 is 26.6. The summed E-state index contributed by atoms with van der Waals surface area (Å²) in [5.74, 6) is -0.419. The van der Waals surface area contributed by atoms with Crippen LogP contribution >= 0.6 is 0 Å². The molecule has 0 unspecified atom stereocenters. The van der Waals surface area contributed by atoms with Gasteiger partial charge in [-0.05, 0) is 79.9 Å². The fourth-order valence-corrected chi connectivity index (χ4v) is 3.41. The minimum atomic E-state index is -0.872. The Labute approximate surface area is 176 Å². The molecule has 0 saturated carbocycles. The lowest BCUT2D eigenvalue weighted by atomic mass is 10.00. The van der Waals surface area contributed by atoms with Crippen molar-refractivity contribution >= 4 is 28.9 Å². The molecular formula is C24H28F2N4. The number of nitrogens with one attached hydrogen (secondary N) is 2. The molecule has 0 radical (unpaired) electrons. The summed E-state index contributed by atoms with van der Waals surface area (Å²) in [5.41, 5.74) is 4.01. The Morgan fingerprint density at radius 1 is 0.900 bits per heavy atom. The Bertz CT molecular complexity index is 1050. The van der Waals surface area contributed by atoms with Crippen molar-refractivity contribution in [2.24, 2.45) is 0 Å². The first kappa shape index (κ1) is 21.8. The normalized spacial score (nSPS) is 11.5. The van der Waals surface area contributed by atoms with E-state index >= 15 is 0 Å². The van der Waals surface area contributed by atoms with Gasteiger partial charge >= 0.3 is 0 Å². The van der Waals surface area contributed by atoms with Crippen molar-refractivity contribution in [1.29, 1.82) is 0 Å². The van der Waals surface area contributed by atoms with Crippen LogP contribution in [0.5, 0.6) is 0 Å². The summed E-state index contributed by atoms with van der Waals surface area (Å²) in [6, 6.07) is 8.10. The van der Waals surface area contributed by atoms with Gasteiger partial charge < -0.3 is 10.6 Å². The van der Waals surface area contributed by atoms with E-state index in [-0.39, 0.29) is 0 Å². The molecule has 1 aromatic heterocycles. The van der Waals surface area contributed by atoms with Gasteiger partial charge in [-0.3, -0.25) is 0 Å². The molecule has 0 aliphatic rings. The van der Waals surface area contributed by atoms with E-state index in [9.17, 15) is 8.78 Å². The van der Waals surface area contributed by atoms with Crippen molar-refractivity contribution in [3.63, 3.8) is 0 Å². The van der Waals surface area contributed by atoms with Gasteiger partial charge in [-0.25, -0.2) is 18.7 Å². The van der Waals surface area contributed by atoms with E-state index in [1.54, 1.807) is 12.2 Å². The van der Waals surface area contributed by atoms with Gasteiger partial charge in [0.2, 0.25) is 0 Å². The molecular weight excluding hydrogens is 382 g/mol. The Morgan fingerprint density at radius 3 is 2.37 bits per heavy atom. The maximum Gasteiger partial charge on any atom is 0.159 e. The summed E-state index contributed by atoms with van der Waals surface area (Å²) in [4.78, 5) is 9.39. The highest BCUT2D eigenvalue weighted by atomic mass is 19.2. The first-order valence-electron chi connectivity index (χ1n) is 10.4. The summed E-state index contributed by atoms with van der Waals surface area (Å²) in [7, 11) is 1.93. The van der Waals surface area contributed by atoms with Gasteiger partial charge in [-0.15, -0.1) is 0 Å². The van der Waals surface area contributed by atoms with Gasteiger partial charge in [0.05, 0.1) is 5.52 Å². The van der Waals surface area contributed by atoms with Gasteiger partial charge in [0.25, 0.3) is 0 Å². The molecule has 0 bridgehead atoms. The van der Waals surface area contributed by atoms with Crippen molar-refractivity contribution in [3.8, 4) is 0 Å².